The van der Waals surface area contributed by atoms with E-state index in [1.165, 1.54) is 0 Å². The van der Waals surface area contributed by atoms with Crippen LogP contribution in [-0.4, -0.2) is 30.4 Å². The maximum atomic E-state index is 13.1. The van der Waals surface area contributed by atoms with E-state index in [1.54, 1.807) is 6.92 Å². The molecule has 1 atom stereocenters. The molecule has 138 valence electrons. The van der Waals surface area contributed by atoms with Gasteiger partial charge in [0.1, 0.15) is 6.04 Å². The van der Waals surface area contributed by atoms with Gasteiger partial charge in [0.2, 0.25) is 5.91 Å². The van der Waals surface area contributed by atoms with Crippen LogP contribution in [0.2, 0.25) is 0 Å². The number of amides is 2. The minimum absolute atomic E-state index is 0.187. The molecule has 27 heavy (non-hydrogen) atoms. The second kappa shape index (κ2) is 7.86. The van der Waals surface area contributed by atoms with Gasteiger partial charge in [0.25, 0.3) is 5.91 Å². The van der Waals surface area contributed by atoms with Crippen LogP contribution in [0, 0.1) is 0 Å². The maximum absolute atomic E-state index is 13.1. The van der Waals surface area contributed by atoms with Crippen molar-refractivity contribution in [3.8, 4) is 0 Å². The quantitative estimate of drug-likeness (QED) is 0.519. The van der Waals surface area contributed by atoms with Crippen LogP contribution in [0.3, 0.4) is 0 Å². The molecule has 0 aromatic heterocycles. The predicted octanol–water partition coefficient (Wildman–Crippen LogP) is 2.53. The highest BCUT2D eigenvalue weighted by Crippen LogP contribution is 2.28. The van der Waals surface area contributed by atoms with E-state index in [-0.39, 0.29) is 13.0 Å². The summed E-state index contributed by atoms with van der Waals surface area (Å²) in [6, 6.07) is 15.9. The molecule has 0 spiro atoms. The summed E-state index contributed by atoms with van der Waals surface area (Å²) >= 11 is 0. The number of rotatable bonds is 6. The fourth-order valence-electron chi connectivity index (χ4n) is 3.10. The molecule has 0 aliphatic heterocycles. The van der Waals surface area contributed by atoms with Gasteiger partial charge in [-0.05, 0) is 34.5 Å². The third-order valence-electron chi connectivity index (χ3n) is 4.32. The predicted molar refractivity (Wildman–Crippen MR) is 103 cm³/mol. The van der Waals surface area contributed by atoms with Crippen LogP contribution in [0.1, 0.15) is 23.7 Å². The van der Waals surface area contributed by atoms with Crippen LogP contribution in [0.5, 0.6) is 0 Å². The van der Waals surface area contributed by atoms with Crippen LogP contribution in [0.25, 0.3) is 21.5 Å². The number of nitrogens with two attached hydrogens (primary N) is 1. The fraction of sp³-hybridized carbons (Fsp3) is 0.190. The number of hydrogen-bond acceptors (Lipinski definition) is 4. The third-order valence-corrected chi connectivity index (χ3v) is 4.32. The topological polar surface area (TPSA) is 98.5 Å². The van der Waals surface area contributed by atoms with Gasteiger partial charge in [-0.3, -0.25) is 14.4 Å². The number of nitrogens with one attached hydrogen (secondary N) is 1. The van der Waals surface area contributed by atoms with E-state index >= 15 is 0 Å². The molecule has 0 unspecified atom stereocenters. The highest BCUT2D eigenvalue weighted by atomic mass is 16.5. The molecule has 6 heteroatoms. The number of benzene rings is 3. The SMILES string of the molecule is CCOC(=O)C[C@H](NC(=O)c1c2ccccc2cc2ccccc12)C(N)=O. The Balaban J connectivity index is 2.03. The Bertz CT molecular complexity index is 975. The number of fused-ring (bicyclic) bond motifs is 2. The van der Waals surface area contributed by atoms with Crippen molar-refractivity contribution >= 4 is 39.3 Å². The first-order valence-corrected chi connectivity index (χ1v) is 8.67. The smallest absolute Gasteiger partial charge is 0.308 e. The van der Waals surface area contributed by atoms with Crippen LogP contribution in [0.15, 0.2) is 54.6 Å². The lowest BCUT2D eigenvalue weighted by atomic mass is 9.96. The Labute approximate surface area is 156 Å². The highest BCUT2D eigenvalue weighted by molar-refractivity contribution is 6.18. The van der Waals surface area contributed by atoms with Gasteiger partial charge in [0.05, 0.1) is 18.6 Å². The minimum Gasteiger partial charge on any atom is -0.466 e. The van der Waals surface area contributed by atoms with Gasteiger partial charge in [-0.15, -0.1) is 0 Å². The van der Waals surface area contributed by atoms with E-state index in [1.807, 2.05) is 54.6 Å². The fourth-order valence-corrected chi connectivity index (χ4v) is 3.10. The van der Waals surface area contributed by atoms with Crippen LogP contribution in [0.4, 0.5) is 0 Å². The molecule has 3 N–H and O–H groups in total. The molecule has 0 heterocycles. The summed E-state index contributed by atoms with van der Waals surface area (Å²) in [5, 5.41) is 5.92. The molecule has 6 nitrogen and oxygen atoms in total. The van der Waals surface area contributed by atoms with Gasteiger partial charge in [-0.25, -0.2) is 0 Å². The molecular weight excluding hydrogens is 344 g/mol. The maximum Gasteiger partial charge on any atom is 0.308 e. The van der Waals surface area contributed by atoms with Crippen molar-refractivity contribution in [3.63, 3.8) is 0 Å². The molecule has 0 aliphatic carbocycles. The molecule has 3 aromatic carbocycles. The first-order valence-electron chi connectivity index (χ1n) is 8.67. The first kappa shape index (κ1) is 18.4. The van der Waals surface area contributed by atoms with Crippen molar-refractivity contribution in [1.29, 1.82) is 0 Å². The molecule has 0 aliphatic rings. The van der Waals surface area contributed by atoms with Crippen molar-refractivity contribution in [1.82, 2.24) is 5.32 Å². The average molecular weight is 364 g/mol. The van der Waals surface area contributed by atoms with Gasteiger partial charge in [0.15, 0.2) is 0 Å². The van der Waals surface area contributed by atoms with E-state index in [2.05, 4.69) is 5.32 Å². The number of primary amides is 1. The number of hydrogen-bond donors (Lipinski definition) is 2. The van der Waals surface area contributed by atoms with Crippen LogP contribution < -0.4 is 11.1 Å². The molecule has 2 amide bonds. The van der Waals surface area contributed by atoms with Gasteiger partial charge in [-0.2, -0.15) is 0 Å². The Hall–Kier alpha value is -3.41. The Kier molecular flexibility index (Phi) is 5.35. The zero-order chi connectivity index (χ0) is 19.4. The zero-order valence-electron chi connectivity index (χ0n) is 14.9. The monoisotopic (exact) mass is 364 g/mol. The summed E-state index contributed by atoms with van der Waals surface area (Å²) in [7, 11) is 0. The summed E-state index contributed by atoms with van der Waals surface area (Å²) in [4.78, 5) is 36.5. The second-order valence-electron chi connectivity index (χ2n) is 6.13. The van der Waals surface area contributed by atoms with E-state index in [0.717, 1.165) is 21.5 Å². The van der Waals surface area contributed by atoms with Gasteiger partial charge >= 0.3 is 5.97 Å². The second-order valence-corrected chi connectivity index (χ2v) is 6.13. The van der Waals surface area contributed by atoms with Crippen molar-refractivity contribution in [3.05, 3.63) is 60.2 Å². The molecular formula is C21H20N2O4. The lowest BCUT2D eigenvalue weighted by molar-refractivity contribution is -0.145. The van der Waals surface area contributed by atoms with Crippen LogP contribution >= 0.6 is 0 Å². The van der Waals surface area contributed by atoms with E-state index < -0.39 is 23.8 Å². The molecule has 0 bridgehead atoms. The largest absolute Gasteiger partial charge is 0.466 e. The third kappa shape index (κ3) is 3.89. The Morgan fingerprint density at radius 1 is 1.00 bits per heavy atom. The van der Waals surface area contributed by atoms with Gasteiger partial charge in [-0.1, -0.05) is 48.5 Å². The first-order chi connectivity index (χ1) is 13.0. The average Bonchev–Trinajstić information content (AvgIpc) is 2.65. The van der Waals surface area contributed by atoms with E-state index in [4.69, 9.17) is 10.5 Å². The Morgan fingerprint density at radius 3 is 2.07 bits per heavy atom. The molecule has 3 rings (SSSR count). The van der Waals surface area contributed by atoms with E-state index in [0.29, 0.717) is 5.56 Å². The summed E-state index contributed by atoms with van der Waals surface area (Å²) in [6.45, 7) is 1.85. The summed E-state index contributed by atoms with van der Waals surface area (Å²) < 4.78 is 4.85. The summed E-state index contributed by atoms with van der Waals surface area (Å²) in [5.41, 5.74) is 5.81. The van der Waals surface area contributed by atoms with Crippen molar-refractivity contribution in [2.75, 3.05) is 6.61 Å². The molecule has 0 fully saturated rings. The lowest BCUT2D eigenvalue weighted by Crippen LogP contribution is -2.46. The summed E-state index contributed by atoms with van der Waals surface area (Å²) in [5.74, 6) is -1.85. The normalized spacial score (nSPS) is 11.9. The molecule has 0 saturated heterocycles. The lowest BCUT2D eigenvalue weighted by Gasteiger charge is -2.17. The standard InChI is InChI=1S/C21H20N2O4/c1-2-27-18(24)12-17(20(22)25)23-21(26)19-15-9-5-3-7-13(15)11-14-8-4-6-10-16(14)19/h3-11,17H,2,12H2,1H3,(H2,22,25)(H,23,26)/t17-/m0/s1. The molecule has 0 radical (unpaired) electrons. The number of ether oxygens (including phenoxy) is 1. The van der Waals surface area contributed by atoms with Gasteiger partial charge < -0.3 is 15.8 Å². The zero-order valence-corrected chi connectivity index (χ0v) is 14.9. The highest BCUT2D eigenvalue weighted by Gasteiger charge is 2.24. The van der Waals surface area contributed by atoms with E-state index in [9.17, 15) is 14.4 Å². The Morgan fingerprint density at radius 2 is 1.56 bits per heavy atom. The number of esters is 1. The summed E-state index contributed by atoms with van der Waals surface area (Å²) in [6.07, 6.45) is -0.308. The van der Waals surface area contributed by atoms with Crippen molar-refractivity contribution in [2.24, 2.45) is 5.73 Å². The molecule has 3 aromatic rings. The molecule has 0 saturated carbocycles. The van der Waals surface area contributed by atoms with Crippen molar-refractivity contribution < 1.29 is 19.1 Å². The number of carbonyl (C=O) groups excluding carboxylic acids is 3. The minimum atomic E-state index is -1.14. The van der Waals surface area contributed by atoms with Crippen LogP contribution in [-0.2, 0) is 14.3 Å². The van der Waals surface area contributed by atoms with Gasteiger partial charge in [0, 0.05) is 0 Å². The number of carbonyl (C=O) groups is 3. The van der Waals surface area contributed by atoms with Crippen molar-refractivity contribution in [2.45, 2.75) is 19.4 Å².